The normalized spacial score (nSPS) is 16.5. The molecule has 0 saturated carbocycles. The second-order valence-electron chi connectivity index (χ2n) is 9.94. The molecule has 0 spiro atoms. The third-order valence-corrected chi connectivity index (χ3v) is 8.97. The lowest BCUT2D eigenvalue weighted by Gasteiger charge is -2.41. The molecule has 2 heterocycles. The van der Waals surface area contributed by atoms with Crippen molar-refractivity contribution in [2.24, 2.45) is 5.41 Å². The van der Waals surface area contributed by atoms with Gasteiger partial charge in [-0.3, -0.25) is 9.78 Å². The minimum Gasteiger partial charge on any atom is -0.497 e. The van der Waals surface area contributed by atoms with E-state index in [1.54, 1.807) is 25.3 Å². The first-order valence-corrected chi connectivity index (χ1v) is 14.1. The van der Waals surface area contributed by atoms with Crippen LogP contribution in [0.2, 0.25) is 5.02 Å². The Kier molecular flexibility index (Phi) is 9.32. The molecule has 1 saturated heterocycles. The quantitative estimate of drug-likeness (QED) is 0.255. The fourth-order valence-electron chi connectivity index (χ4n) is 5.28. The van der Waals surface area contributed by atoms with Crippen LogP contribution in [0.3, 0.4) is 0 Å². The Morgan fingerprint density at radius 1 is 1.27 bits per heavy atom. The number of aliphatic carboxylic acids is 1. The largest absolute Gasteiger partial charge is 0.497 e. The van der Waals surface area contributed by atoms with E-state index in [1.807, 2.05) is 11.8 Å². The molecule has 0 aliphatic carbocycles. The van der Waals surface area contributed by atoms with Gasteiger partial charge in [-0.25, -0.2) is 4.39 Å². The Balaban J connectivity index is 1.39. The van der Waals surface area contributed by atoms with Crippen molar-refractivity contribution in [3.05, 3.63) is 64.8 Å². The number of carbonyl (C=O) groups is 1. The summed E-state index contributed by atoms with van der Waals surface area (Å²) in [5.74, 6) is 0.775. The number of carboxylic acid groups (broad SMARTS) is 1. The zero-order chi connectivity index (χ0) is 26.4. The average Bonchev–Trinajstić information content (AvgIpc) is 2.89. The molecule has 1 atom stereocenters. The number of piperidine rings is 1. The van der Waals surface area contributed by atoms with Gasteiger partial charge in [0.2, 0.25) is 0 Å². The van der Waals surface area contributed by atoms with Gasteiger partial charge in [0.1, 0.15) is 11.9 Å². The molecule has 0 bridgehead atoms. The molecule has 5 nitrogen and oxygen atoms in total. The number of likely N-dealkylation sites (tertiary alicyclic amines) is 1. The number of alkyl halides is 1. The van der Waals surface area contributed by atoms with Gasteiger partial charge in [-0.05, 0) is 80.9 Å². The number of thioether (sulfide) groups is 1. The van der Waals surface area contributed by atoms with Crippen LogP contribution in [0.25, 0.3) is 10.9 Å². The summed E-state index contributed by atoms with van der Waals surface area (Å²) < 4.78 is 21.1. The van der Waals surface area contributed by atoms with Gasteiger partial charge in [-0.15, -0.1) is 11.8 Å². The van der Waals surface area contributed by atoms with E-state index in [0.717, 1.165) is 38.2 Å². The number of aryl methyl sites for hydroxylation is 1. The number of benzene rings is 2. The Morgan fingerprint density at radius 2 is 2.03 bits per heavy atom. The number of hydrogen-bond acceptors (Lipinski definition) is 5. The average molecular weight is 545 g/mol. The monoisotopic (exact) mass is 544 g/mol. The molecule has 0 amide bonds. The molecule has 1 aliphatic heterocycles. The number of carboxylic acids is 1. The maximum Gasteiger partial charge on any atom is 0.303 e. The standard InChI is InChI=1S/C29H34ClFN2O3S/c1-20-5-3-4-6-26(20)37-16-15-33-13-11-29(12-14-33,18-27(34)35)10-9-24(31)28-22-17-21(36-2)7-8-25(22)32-19-23(28)30/h3-8,17,19,24H,9-16,18H2,1-2H3,(H,34,35)/t24-/m1/s1. The molecule has 198 valence electrons. The van der Waals surface area contributed by atoms with E-state index in [1.165, 1.54) is 16.7 Å². The lowest BCUT2D eigenvalue weighted by Crippen LogP contribution is -2.42. The number of fused-ring (bicyclic) bond motifs is 1. The van der Waals surface area contributed by atoms with Crippen molar-refractivity contribution >= 4 is 40.2 Å². The summed E-state index contributed by atoms with van der Waals surface area (Å²) in [4.78, 5) is 19.8. The number of rotatable bonds is 11. The molecule has 2 aromatic carbocycles. The zero-order valence-electron chi connectivity index (χ0n) is 21.4. The van der Waals surface area contributed by atoms with Crippen molar-refractivity contribution < 1.29 is 19.0 Å². The fraction of sp³-hybridized carbons (Fsp3) is 0.448. The van der Waals surface area contributed by atoms with E-state index in [9.17, 15) is 9.90 Å². The van der Waals surface area contributed by atoms with Crippen LogP contribution in [0, 0.1) is 12.3 Å². The van der Waals surface area contributed by atoms with Crippen molar-refractivity contribution in [2.75, 3.05) is 32.5 Å². The van der Waals surface area contributed by atoms with Crippen molar-refractivity contribution in [3.8, 4) is 5.75 Å². The topological polar surface area (TPSA) is 62.7 Å². The zero-order valence-corrected chi connectivity index (χ0v) is 23.0. The van der Waals surface area contributed by atoms with E-state index in [-0.39, 0.29) is 17.9 Å². The summed E-state index contributed by atoms with van der Waals surface area (Å²) in [7, 11) is 1.56. The molecule has 8 heteroatoms. The maximum atomic E-state index is 15.7. The van der Waals surface area contributed by atoms with Crippen LogP contribution in [0.15, 0.2) is 53.6 Å². The van der Waals surface area contributed by atoms with E-state index >= 15 is 4.39 Å². The van der Waals surface area contributed by atoms with Crippen LogP contribution < -0.4 is 4.74 Å². The molecule has 3 aromatic rings. The summed E-state index contributed by atoms with van der Waals surface area (Å²) in [5.41, 5.74) is 1.93. The number of halogens is 2. The molecule has 0 unspecified atom stereocenters. The van der Waals surface area contributed by atoms with Gasteiger partial charge in [0.15, 0.2) is 0 Å². The molecular weight excluding hydrogens is 511 g/mol. The molecule has 1 aliphatic rings. The van der Waals surface area contributed by atoms with Crippen LogP contribution in [-0.2, 0) is 4.79 Å². The van der Waals surface area contributed by atoms with E-state index in [0.29, 0.717) is 28.6 Å². The third kappa shape index (κ3) is 6.95. The number of hydrogen-bond donors (Lipinski definition) is 1. The molecule has 1 fully saturated rings. The van der Waals surface area contributed by atoms with E-state index < -0.39 is 17.6 Å². The minimum atomic E-state index is -1.32. The first kappa shape index (κ1) is 27.7. The van der Waals surface area contributed by atoms with Gasteiger partial charge < -0.3 is 14.7 Å². The summed E-state index contributed by atoms with van der Waals surface area (Å²) in [6, 6.07) is 13.7. The highest BCUT2D eigenvalue weighted by atomic mass is 35.5. The summed E-state index contributed by atoms with van der Waals surface area (Å²) >= 11 is 8.27. The predicted molar refractivity (Wildman–Crippen MR) is 149 cm³/mol. The van der Waals surface area contributed by atoms with Gasteiger partial charge in [0, 0.05) is 34.3 Å². The Morgan fingerprint density at radius 3 is 2.73 bits per heavy atom. The minimum absolute atomic E-state index is 0.0597. The van der Waals surface area contributed by atoms with Crippen LogP contribution >= 0.6 is 23.4 Å². The summed E-state index contributed by atoms with van der Waals surface area (Å²) in [6.45, 7) is 4.73. The first-order chi connectivity index (χ1) is 17.8. The van der Waals surface area contributed by atoms with Gasteiger partial charge in [-0.1, -0.05) is 29.8 Å². The second-order valence-corrected chi connectivity index (χ2v) is 11.5. The highest BCUT2D eigenvalue weighted by Crippen LogP contribution is 2.44. The van der Waals surface area contributed by atoms with Gasteiger partial charge >= 0.3 is 5.97 Å². The van der Waals surface area contributed by atoms with Crippen LogP contribution in [0.5, 0.6) is 5.75 Å². The third-order valence-electron chi connectivity index (χ3n) is 7.51. The van der Waals surface area contributed by atoms with Crippen molar-refractivity contribution in [3.63, 3.8) is 0 Å². The SMILES string of the molecule is COc1ccc2ncc(Cl)c([C@H](F)CCC3(CC(=O)O)CCN(CCSc4ccccc4C)CC3)c2c1. The highest BCUT2D eigenvalue weighted by molar-refractivity contribution is 7.99. The Hall–Kier alpha value is -2.35. The van der Waals surface area contributed by atoms with Crippen LogP contribution in [0.1, 0.15) is 49.4 Å². The van der Waals surface area contributed by atoms with Crippen molar-refractivity contribution in [1.82, 2.24) is 9.88 Å². The van der Waals surface area contributed by atoms with Crippen LogP contribution in [-0.4, -0.2) is 53.5 Å². The second kappa shape index (κ2) is 12.5. The molecular formula is C29H34ClFN2O3S. The summed E-state index contributed by atoms with van der Waals surface area (Å²) in [6.07, 6.45) is 2.44. The van der Waals surface area contributed by atoms with Gasteiger partial charge in [0.05, 0.1) is 24.1 Å². The lowest BCUT2D eigenvalue weighted by atomic mass is 9.71. The smallest absolute Gasteiger partial charge is 0.303 e. The molecule has 37 heavy (non-hydrogen) atoms. The Labute approximate surface area is 227 Å². The molecule has 4 rings (SSSR count). The predicted octanol–water partition coefficient (Wildman–Crippen LogP) is 7.35. The fourth-order valence-corrected chi connectivity index (χ4v) is 6.59. The number of methoxy groups -OCH3 is 1. The van der Waals surface area contributed by atoms with Crippen molar-refractivity contribution in [1.29, 1.82) is 0 Å². The molecule has 1 aromatic heterocycles. The van der Waals surface area contributed by atoms with E-state index in [4.69, 9.17) is 16.3 Å². The van der Waals surface area contributed by atoms with Gasteiger partial charge in [-0.2, -0.15) is 0 Å². The summed E-state index contributed by atoms with van der Waals surface area (Å²) in [5, 5.41) is 10.6. The first-order valence-electron chi connectivity index (χ1n) is 12.7. The maximum absolute atomic E-state index is 15.7. The van der Waals surface area contributed by atoms with Crippen molar-refractivity contribution in [2.45, 2.75) is 50.1 Å². The van der Waals surface area contributed by atoms with Gasteiger partial charge in [0.25, 0.3) is 0 Å². The Bertz CT molecular complexity index is 1230. The number of nitrogens with zero attached hydrogens (tertiary/aromatic N) is 2. The van der Waals surface area contributed by atoms with Crippen LogP contribution in [0.4, 0.5) is 4.39 Å². The lowest BCUT2D eigenvalue weighted by molar-refractivity contribution is -0.141. The molecule has 0 radical (unpaired) electrons. The molecule has 1 N–H and O–H groups in total. The number of aromatic nitrogens is 1. The highest BCUT2D eigenvalue weighted by Gasteiger charge is 2.37. The number of pyridine rings is 1. The number of ether oxygens (including phenoxy) is 1. The van der Waals surface area contributed by atoms with E-state index in [2.05, 4.69) is 41.1 Å².